The lowest BCUT2D eigenvalue weighted by Gasteiger charge is -2.01. The summed E-state index contributed by atoms with van der Waals surface area (Å²) in [5.74, 6) is 0. The fourth-order valence-corrected chi connectivity index (χ4v) is 1.27. The Morgan fingerprint density at radius 3 is 2.27 bits per heavy atom. The summed E-state index contributed by atoms with van der Waals surface area (Å²) in [4.78, 5) is 0. The predicted molar refractivity (Wildman–Crippen MR) is 66.6 cm³/mol. The molecule has 1 aromatic rings. The number of hydrogen-bond donors (Lipinski definition) is 1. The van der Waals surface area contributed by atoms with Gasteiger partial charge in [-0.05, 0) is 32.4 Å². The number of nitrogens with two attached hydrogens (primary N) is 1. The van der Waals surface area contributed by atoms with E-state index in [1.165, 1.54) is 16.7 Å². The van der Waals surface area contributed by atoms with Crippen molar-refractivity contribution in [2.24, 2.45) is 5.73 Å². The van der Waals surface area contributed by atoms with Crippen molar-refractivity contribution >= 4 is 0 Å². The van der Waals surface area contributed by atoms with Crippen LogP contribution in [0.25, 0.3) is 0 Å². The normalized spacial score (nSPS) is 11.3. The molecule has 0 aliphatic carbocycles. The summed E-state index contributed by atoms with van der Waals surface area (Å²) < 4.78 is 0. The third-order valence-corrected chi connectivity index (χ3v) is 2.16. The average Bonchev–Trinajstić information content (AvgIpc) is 2.19. The molecule has 0 saturated heterocycles. The lowest BCUT2D eigenvalue weighted by atomic mass is 10.1. The maximum Gasteiger partial charge on any atom is 0.0125 e. The summed E-state index contributed by atoms with van der Waals surface area (Å²) >= 11 is 0. The monoisotopic (exact) mass is 201 g/mol. The minimum Gasteiger partial charge on any atom is -0.402 e. The molecule has 15 heavy (non-hydrogen) atoms. The summed E-state index contributed by atoms with van der Waals surface area (Å²) in [6.07, 6.45) is 4.85. The largest absolute Gasteiger partial charge is 0.402 e. The van der Waals surface area contributed by atoms with Gasteiger partial charge in [0.2, 0.25) is 0 Å². The van der Waals surface area contributed by atoms with Crippen molar-refractivity contribution in [1.29, 1.82) is 0 Å². The van der Waals surface area contributed by atoms with Gasteiger partial charge in [-0.3, -0.25) is 0 Å². The number of hydrogen-bond acceptors (Lipinski definition) is 1. The Morgan fingerprint density at radius 1 is 1.13 bits per heavy atom. The maximum absolute atomic E-state index is 5.91. The van der Waals surface area contributed by atoms with Crippen LogP contribution >= 0.6 is 0 Å². The molecule has 2 N–H and O–H groups in total. The quantitative estimate of drug-likeness (QED) is 0.746. The highest BCUT2D eigenvalue weighted by molar-refractivity contribution is 5.26. The highest BCUT2D eigenvalue weighted by atomic mass is 14.6. The van der Waals surface area contributed by atoms with Crippen molar-refractivity contribution in [3.05, 3.63) is 58.8 Å². The van der Waals surface area contributed by atoms with Gasteiger partial charge in [0.05, 0.1) is 0 Å². The van der Waals surface area contributed by atoms with Gasteiger partial charge < -0.3 is 5.73 Å². The molecule has 0 aliphatic rings. The fraction of sp³-hybridized carbons (Fsp3) is 0.286. The van der Waals surface area contributed by atoms with E-state index in [1.54, 1.807) is 0 Å². The zero-order valence-corrected chi connectivity index (χ0v) is 9.75. The molecule has 0 atom stereocenters. The van der Waals surface area contributed by atoms with Crippen LogP contribution in [0.4, 0.5) is 0 Å². The van der Waals surface area contributed by atoms with Gasteiger partial charge in [-0.2, -0.15) is 0 Å². The molecule has 1 rings (SSSR count). The second-order valence-electron chi connectivity index (χ2n) is 4.15. The molecule has 0 fully saturated rings. The van der Waals surface area contributed by atoms with Crippen LogP contribution in [0.3, 0.4) is 0 Å². The Balaban J connectivity index is 2.66. The maximum atomic E-state index is 5.91. The Morgan fingerprint density at radius 2 is 1.73 bits per heavy atom. The molecule has 0 aromatic heterocycles. The molecular weight excluding hydrogens is 182 g/mol. The van der Waals surface area contributed by atoms with Gasteiger partial charge in [-0.25, -0.2) is 0 Å². The standard InChI is InChI=1S/C14H19N/c1-11(2)4-9-14(15)10-13-7-5-12(3)6-8-13/h4-9H,10,15H2,1-3H3/b14-9-. The second kappa shape index (κ2) is 5.40. The molecule has 1 heteroatoms. The highest BCUT2D eigenvalue weighted by Crippen LogP contribution is 2.07. The number of benzene rings is 1. The summed E-state index contributed by atoms with van der Waals surface area (Å²) in [5, 5.41) is 0. The first-order valence-electron chi connectivity index (χ1n) is 5.23. The van der Waals surface area contributed by atoms with Gasteiger partial charge in [-0.15, -0.1) is 0 Å². The molecule has 80 valence electrons. The predicted octanol–water partition coefficient (Wildman–Crippen LogP) is 3.35. The van der Waals surface area contributed by atoms with Gasteiger partial charge >= 0.3 is 0 Å². The van der Waals surface area contributed by atoms with Crippen LogP contribution in [-0.2, 0) is 6.42 Å². The summed E-state index contributed by atoms with van der Waals surface area (Å²) in [5.41, 5.74) is 10.6. The Labute approximate surface area is 92.3 Å². The van der Waals surface area contributed by atoms with Gasteiger partial charge in [0.25, 0.3) is 0 Å². The van der Waals surface area contributed by atoms with E-state index in [-0.39, 0.29) is 0 Å². The number of rotatable bonds is 3. The third-order valence-electron chi connectivity index (χ3n) is 2.16. The zero-order valence-electron chi connectivity index (χ0n) is 9.75. The van der Waals surface area contributed by atoms with Crippen molar-refractivity contribution in [2.45, 2.75) is 27.2 Å². The Hall–Kier alpha value is -1.50. The molecule has 1 aromatic carbocycles. The van der Waals surface area contributed by atoms with E-state index in [2.05, 4.69) is 45.0 Å². The molecule has 1 nitrogen and oxygen atoms in total. The van der Waals surface area contributed by atoms with Crippen LogP contribution in [0.5, 0.6) is 0 Å². The number of allylic oxidation sites excluding steroid dienone is 4. The lowest BCUT2D eigenvalue weighted by Crippen LogP contribution is -2.00. The Bertz CT molecular complexity index is 365. The molecule has 0 aliphatic heterocycles. The second-order valence-corrected chi connectivity index (χ2v) is 4.15. The molecular formula is C14H19N. The van der Waals surface area contributed by atoms with E-state index < -0.39 is 0 Å². The first-order valence-corrected chi connectivity index (χ1v) is 5.23. The summed E-state index contributed by atoms with van der Waals surface area (Å²) in [6, 6.07) is 8.48. The van der Waals surface area contributed by atoms with Crippen molar-refractivity contribution in [1.82, 2.24) is 0 Å². The Kier molecular flexibility index (Phi) is 4.17. The minimum atomic E-state index is 0.823. The molecule has 0 unspecified atom stereocenters. The van der Waals surface area contributed by atoms with Gasteiger partial charge in [0.15, 0.2) is 0 Å². The smallest absolute Gasteiger partial charge is 0.0125 e. The lowest BCUT2D eigenvalue weighted by molar-refractivity contribution is 1.10. The summed E-state index contributed by atoms with van der Waals surface area (Å²) in [7, 11) is 0. The SMILES string of the molecule is CC(C)=C/C=C(\N)Cc1ccc(C)cc1. The van der Waals surface area contributed by atoms with Crippen LogP contribution in [0, 0.1) is 6.92 Å². The van der Waals surface area contributed by atoms with Gasteiger partial charge in [-0.1, -0.05) is 41.5 Å². The van der Waals surface area contributed by atoms with Crippen molar-refractivity contribution in [2.75, 3.05) is 0 Å². The summed E-state index contributed by atoms with van der Waals surface area (Å²) in [6.45, 7) is 6.22. The van der Waals surface area contributed by atoms with E-state index in [0.29, 0.717) is 0 Å². The first kappa shape index (κ1) is 11.6. The van der Waals surface area contributed by atoms with Crippen molar-refractivity contribution in [3.8, 4) is 0 Å². The number of aryl methyl sites for hydroxylation is 1. The third kappa shape index (κ3) is 4.50. The van der Waals surface area contributed by atoms with E-state index in [4.69, 9.17) is 5.73 Å². The minimum absolute atomic E-state index is 0.823. The van der Waals surface area contributed by atoms with Crippen LogP contribution in [0.2, 0.25) is 0 Å². The molecule has 0 bridgehead atoms. The van der Waals surface area contributed by atoms with Crippen molar-refractivity contribution < 1.29 is 0 Å². The van der Waals surface area contributed by atoms with Crippen LogP contribution in [-0.4, -0.2) is 0 Å². The van der Waals surface area contributed by atoms with Crippen LogP contribution < -0.4 is 5.73 Å². The molecule has 0 spiro atoms. The van der Waals surface area contributed by atoms with E-state index in [9.17, 15) is 0 Å². The molecule has 0 amide bonds. The topological polar surface area (TPSA) is 26.0 Å². The average molecular weight is 201 g/mol. The highest BCUT2D eigenvalue weighted by Gasteiger charge is 1.94. The van der Waals surface area contributed by atoms with Gasteiger partial charge in [0, 0.05) is 12.1 Å². The van der Waals surface area contributed by atoms with Crippen molar-refractivity contribution in [3.63, 3.8) is 0 Å². The fourth-order valence-electron chi connectivity index (χ4n) is 1.27. The zero-order chi connectivity index (χ0) is 11.3. The van der Waals surface area contributed by atoms with E-state index in [1.807, 2.05) is 12.2 Å². The van der Waals surface area contributed by atoms with Gasteiger partial charge in [0.1, 0.15) is 0 Å². The van der Waals surface area contributed by atoms with E-state index in [0.717, 1.165) is 12.1 Å². The van der Waals surface area contributed by atoms with E-state index >= 15 is 0 Å². The first-order chi connectivity index (χ1) is 7.08. The van der Waals surface area contributed by atoms with Crippen LogP contribution in [0.15, 0.2) is 47.7 Å². The molecule has 0 radical (unpaired) electrons. The molecule has 0 heterocycles. The molecule has 0 saturated carbocycles. The van der Waals surface area contributed by atoms with Crippen LogP contribution in [0.1, 0.15) is 25.0 Å².